The summed E-state index contributed by atoms with van der Waals surface area (Å²) in [5.74, 6) is 0.350. The number of nitrogens with zero attached hydrogens (tertiary/aromatic N) is 2. The zero-order valence-electron chi connectivity index (χ0n) is 20.1. The molecule has 6 rings (SSSR count). The van der Waals surface area contributed by atoms with Gasteiger partial charge in [-0.15, -0.1) is 11.3 Å². The Bertz CT molecular complexity index is 1540. The SMILES string of the molecule is S=c1sc2ccccc2n1CCc1ccc(C2CCNCC2OCc2ccc3ccccc3c2)cn1. The van der Waals surface area contributed by atoms with Gasteiger partial charge in [0.25, 0.3) is 0 Å². The van der Waals surface area contributed by atoms with E-state index in [0.29, 0.717) is 12.5 Å². The van der Waals surface area contributed by atoms with Crippen LogP contribution in [0.15, 0.2) is 85.1 Å². The second-order valence-electron chi connectivity index (χ2n) is 9.45. The minimum Gasteiger partial charge on any atom is -0.372 e. The molecule has 6 heteroatoms. The van der Waals surface area contributed by atoms with E-state index < -0.39 is 0 Å². The van der Waals surface area contributed by atoms with Gasteiger partial charge in [-0.1, -0.05) is 54.6 Å². The van der Waals surface area contributed by atoms with Crippen LogP contribution in [0.1, 0.15) is 29.2 Å². The van der Waals surface area contributed by atoms with Crippen molar-refractivity contribution in [2.24, 2.45) is 0 Å². The lowest BCUT2D eigenvalue weighted by atomic mass is 9.88. The Balaban J connectivity index is 1.12. The first-order valence-corrected chi connectivity index (χ1v) is 13.8. The lowest BCUT2D eigenvalue weighted by Gasteiger charge is -2.32. The molecule has 0 aliphatic carbocycles. The molecule has 3 aromatic carbocycles. The molecule has 1 aliphatic rings. The zero-order chi connectivity index (χ0) is 24.3. The van der Waals surface area contributed by atoms with E-state index >= 15 is 0 Å². The number of hydrogen-bond acceptors (Lipinski definition) is 5. The Labute approximate surface area is 220 Å². The van der Waals surface area contributed by atoms with Crippen LogP contribution in [0.4, 0.5) is 0 Å². The molecule has 1 aliphatic heterocycles. The highest BCUT2D eigenvalue weighted by molar-refractivity contribution is 7.73. The number of aryl methyl sites for hydroxylation is 2. The molecular formula is C30H29N3OS2. The van der Waals surface area contributed by atoms with Crippen molar-refractivity contribution in [3.8, 4) is 0 Å². The van der Waals surface area contributed by atoms with Crippen LogP contribution >= 0.6 is 23.6 Å². The number of nitrogens with one attached hydrogen (secondary N) is 1. The Morgan fingerprint density at radius 2 is 1.86 bits per heavy atom. The van der Waals surface area contributed by atoms with Crippen molar-refractivity contribution in [3.63, 3.8) is 0 Å². The third-order valence-corrected chi connectivity index (χ3v) is 8.58. The molecule has 0 bridgehead atoms. The number of thiazole rings is 1. The predicted octanol–water partition coefficient (Wildman–Crippen LogP) is 6.89. The lowest BCUT2D eigenvalue weighted by molar-refractivity contribution is 0.0106. The molecule has 4 nitrogen and oxygen atoms in total. The summed E-state index contributed by atoms with van der Waals surface area (Å²) in [5, 5.41) is 6.03. The highest BCUT2D eigenvalue weighted by Gasteiger charge is 2.27. The number of benzene rings is 3. The Hall–Kier alpha value is -2.90. The average Bonchev–Trinajstić information content (AvgIpc) is 3.26. The van der Waals surface area contributed by atoms with E-state index in [1.165, 1.54) is 32.1 Å². The second kappa shape index (κ2) is 10.6. The fraction of sp³-hybridized carbons (Fsp3) is 0.267. The summed E-state index contributed by atoms with van der Waals surface area (Å²) in [5.41, 5.74) is 4.79. The topological polar surface area (TPSA) is 39.1 Å². The van der Waals surface area contributed by atoms with Crippen molar-refractivity contribution >= 4 is 44.5 Å². The summed E-state index contributed by atoms with van der Waals surface area (Å²) >= 11 is 7.29. The fourth-order valence-electron chi connectivity index (χ4n) is 5.17. The summed E-state index contributed by atoms with van der Waals surface area (Å²) in [6.07, 6.45) is 4.11. The molecule has 182 valence electrons. The minimum atomic E-state index is 0.133. The average molecular weight is 512 g/mol. The normalized spacial score (nSPS) is 18.1. The quantitative estimate of drug-likeness (QED) is 0.242. The summed E-state index contributed by atoms with van der Waals surface area (Å²) in [6, 6.07) is 27.9. The maximum Gasteiger partial charge on any atom is 0.162 e. The first-order valence-electron chi connectivity index (χ1n) is 12.6. The summed E-state index contributed by atoms with van der Waals surface area (Å²) in [6.45, 7) is 3.34. The van der Waals surface area contributed by atoms with Gasteiger partial charge >= 0.3 is 0 Å². The van der Waals surface area contributed by atoms with Crippen LogP contribution in [0.2, 0.25) is 0 Å². The largest absolute Gasteiger partial charge is 0.372 e. The van der Waals surface area contributed by atoms with Crippen LogP contribution in [0, 0.1) is 3.95 Å². The van der Waals surface area contributed by atoms with Crippen molar-refractivity contribution in [2.75, 3.05) is 13.1 Å². The molecule has 2 atom stereocenters. The van der Waals surface area contributed by atoms with Gasteiger partial charge in [0.1, 0.15) is 0 Å². The zero-order valence-corrected chi connectivity index (χ0v) is 21.7. The van der Waals surface area contributed by atoms with Crippen LogP contribution in [0.3, 0.4) is 0 Å². The number of rotatable bonds is 7. The second-order valence-corrected chi connectivity index (χ2v) is 11.1. The third-order valence-electron chi connectivity index (χ3n) is 7.15. The number of aromatic nitrogens is 2. The fourth-order valence-corrected chi connectivity index (χ4v) is 6.55. The lowest BCUT2D eigenvalue weighted by Crippen LogP contribution is -2.41. The predicted molar refractivity (Wildman–Crippen MR) is 151 cm³/mol. The van der Waals surface area contributed by atoms with Gasteiger partial charge in [0, 0.05) is 37.3 Å². The molecule has 2 unspecified atom stereocenters. The number of fused-ring (bicyclic) bond motifs is 2. The highest BCUT2D eigenvalue weighted by atomic mass is 32.1. The van der Waals surface area contributed by atoms with E-state index in [1.807, 2.05) is 0 Å². The Morgan fingerprint density at radius 1 is 1.00 bits per heavy atom. The van der Waals surface area contributed by atoms with E-state index in [1.54, 1.807) is 11.3 Å². The van der Waals surface area contributed by atoms with E-state index in [-0.39, 0.29) is 6.10 Å². The molecule has 1 saturated heterocycles. The molecule has 1 N–H and O–H groups in total. The van der Waals surface area contributed by atoms with Crippen LogP contribution in [0.25, 0.3) is 21.0 Å². The van der Waals surface area contributed by atoms with Crippen molar-refractivity contribution in [1.29, 1.82) is 0 Å². The maximum absolute atomic E-state index is 6.46. The smallest absolute Gasteiger partial charge is 0.162 e. The van der Waals surface area contributed by atoms with Crippen molar-refractivity contribution in [3.05, 3.63) is 106 Å². The maximum atomic E-state index is 6.46. The molecule has 0 amide bonds. The molecule has 0 saturated carbocycles. The van der Waals surface area contributed by atoms with Crippen LogP contribution in [-0.4, -0.2) is 28.7 Å². The Morgan fingerprint density at radius 3 is 2.75 bits per heavy atom. The van der Waals surface area contributed by atoms with Crippen LogP contribution < -0.4 is 5.32 Å². The van der Waals surface area contributed by atoms with Gasteiger partial charge in [-0.3, -0.25) is 4.98 Å². The third kappa shape index (κ3) is 5.00. The number of para-hydroxylation sites is 1. The van der Waals surface area contributed by atoms with Crippen LogP contribution in [0.5, 0.6) is 0 Å². The molecule has 0 spiro atoms. The molecule has 0 radical (unpaired) electrons. The highest BCUT2D eigenvalue weighted by Crippen LogP contribution is 2.29. The van der Waals surface area contributed by atoms with Gasteiger partial charge in [0.15, 0.2) is 3.95 Å². The molecule has 36 heavy (non-hydrogen) atoms. The molecule has 1 fully saturated rings. The number of piperidine rings is 1. The number of pyridine rings is 1. The van der Waals surface area contributed by atoms with Gasteiger partial charge in [0.2, 0.25) is 0 Å². The van der Waals surface area contributed by atoms with Crippen molar-refractivity contribution in [2.45, 2.75) is 38.0 Å². The molecular weight excluding hydrogens is 482 g/mol. The van der Waals surface area contributed by atoms with E-state index in [4.69, 9.17) is 21.9 Å². The van der Waals surface area contributed by atoms with E-state index in [0.717, 1.165) is 42.1 Å². The molecule has 2 aromatic heterocycles. The van der Waals surface area contributed by atoms with Crippen molar-refractivity contribution in [1.82, 2.24) is 14.9 Å². The number of hydrogen-bond donors (Lipinski definition) is 1. The molecule has 3 heterocycles. The van der Waals surface area contributed by atoms with Gasteiger partial charge in [-0.25, -0.2) is 0 Å². The van der Waals surface area contributed by atoms with Gasteiger partial charge in [-0.2, -0.15) is 0 Å². The van der Waals surface area contributed by atoms with E-state index in [2.05, 4.69) is 94.9 Å². The van der Waals surface area contributed by atoms with Gasteiger partial charge in [-0.05, 0) is 71.3 Å². The summed E-state index contributed by atoms with van der Waals surface area (Å²) in [4.78, 5) is 4.83. The number of ether oxygens (including phenoxy) is 1. The first kappa shape index (κ1) is 23.5. The summed E-state index contributed by atoms with van der Waals surface area (Å²) in [7, 11) is 0. The monoisotopic (exact) mass is 511 g/mol. The minimum absolute atomic E-state index is 0.133. The molecule has 5 aromatic rings. The Kier molecular flexibility index (Phi) is 6.92. The first-order chi connectivity index (χ1) is 17.7. The van der Waals surface area contributed by atoms with Gasteiger partial charge < -0.3 is 14.6 Å². The van der Waals surface area contributed by atoms with Crippen molar-refractivity contribution < 1.29 is 4.74 Å². The van der Waals surface area contributed by atoms with E-state index in [9.17, 15) is 0 Å². The van der Waals surface area contributed by atoms with Gasteiger partial charge in [0.05, 0.1) is 22.9 Å². The van der Waals surface area contributed by atoms with Crippen LogP contribution in [-0.2, 0) is 24.3 Å². The summed E-state index contributed by atoms with van der Waals surface area (Å²) < 4.78 is 10.9. The standard InChI is InChI=1S/C30H29N3OS2/c35-30-33(27-7-3-4-8-29(27)36-30)16-14-25-12-11-24(18-32-25)26-13-15-31-19-28(26)34-20-21-9-10-22-5-1-2-6-23(22)17-21/h1-12,17-18,26,28,31H,13-16,19-20H2.